The van der Waals surface area contributed by atoms with Crippen molar-refractivity contribution in [2.45, 2.75) is 25.9 Å². The van der Waals surface area contributed by atoms with Crippen LogP contribution in [-0.4, -0.2) is 40.8 Å². The Bertz CT molecular complexity index is 915. The normalized spacial score (nSPS) is 13.3. The van der Waals surface area contributed by atoms with Crippen molar-refractivity contribution in [2.75, 3.05) is 24.8 Å². The lowest BCUT2D eigenvalue weighted by Crippen LogP contribution is -2.48. The smallest absolute Gasteiger partial charge is 0.244 e. The summed E-state index contributed by atoms with van der Waals surface area (Å²) in [5.74, 6) is 0.435. The largest absolute Gasteiger partial charge is 0.493 e. The Kier molecular flexibility index (Phi) is 6.90. The minimum Gasteiger partial charge on any atom is -0.493 e. The fourth-order valence-electron chi connectivity index (χ4n) is 2.93. The van der Waals surface area contributed by atoms with E-state index in [1.54, 1.807) is 19.1 Å². The van der Waals surface area contributed by atoms with Gasteiger partial charge in [0.2, 0.25) is 15.9 Å². The van der Waals surface area contributed by atoms with Crippen molar-refractivity contribution >= 4 is 21.6 Å². The van der Waals surface area contributed by atoms with E-state index >= 15 is 0 Å². The molecule has 152 valence electrons. The number of sulfonamides is 1. The van der Waals surface area contributed by atoms with Gasteiger partial charge in [-0.05, 0) is 31.5 Å². The Morgan fingerprint density at radius 1 is 1.00 bits per heavy atom. The molecule has 8 heteroatoms. The molecule has 0 saturated heterocycles. The van der Waals surface area contributed by atoms with E-state index in [2.05, 4.69) is 5.32 Å². The first-order chi connectivity index (χ1) is 13.2. The van der Waals surface area contributed by atoms with E-state index in [1.165, 1.54) is 20.3 Å². The molecule has 0 aliphatic rings. The van der Waals surface area contributed by atoms with Gasteiger partial charge in [0, 0.05) is 6.07 Å². The highest BCUT2D eigenvalue weighted by Gasteiger charge is 2.30. The van der Waals surface area contributed by atoms with Crippen molar-refractivity contribution in [3.63, 3.8) is 0 Å². The summed E-state index contributed by atoms with van der Waals surface area (Å²) in [5, 5.41) is 2.87. The summed E-state index contributed by atoms with van der Waals surface area (Å²) < 4.78 is 36.4. The van der Waals surface area contributed by atoms with Gasteiger partial charge < -0.3 is 14.8 Å². The molecular weight excluding hydrogens is 380 g/mol. The average molecular weight is 407 g/mol. The predicted octanol–water partition coefficient (Wildman–Crippen LogP) is 2.74. The van der Waals surface area contributed by atoms with Crippen LogP contribution in [0.25, 0.3) is 0 Å². The van der Waals surface area contributed by atoms with E-state index < -0.39 is 22.0 Å². The van der Waals surface area contributed by atoms with Crippen LogP contribution in [0.1, 0.15) is 25.5 Å². The predicted molar refractivity (Wildman–Crippen MR) is 109 cm³/mol. The van der Waals surface area contributed by atoms with Crippen molar-refractivity contribution in [1.29, 1.82) is 0 Å². The second-order valence-electron chi connectivity index (χ2n) is 6.42. The Morgan fingerprint density at radius 3 is 2.14 bits per heavy atom. The van der Waals surface area contributed by atoms with Gasteiger partial charge in [-0.15, -0.1) is 0 Å². The van der Waals surface area contributed by atoms with E-state index in [0.29, 0.717) is 17.2 Å². The Morgan fingerprint density at radius 2 is 1.61 bits per heavy atom. The zero-order valence-electron chi connectivity index (χ0n) is 16.7. The summed E-state index contributed by atoms with van der Waals surface area (Å²) in [6.45, 7) is 3.39. The second-order valence-corrected chi connectivity index (χ2v) is 8.27. The summed E-state index contributed by atoms with van der Waals surface area (Å²) in [5.41, 5.74) is 1.25. The maximum absolute atomic E-state index is 12.8. The van der Waals surface area contributed by atoms with Gasteiger partial charge in [0.25, 0.3) is 0 Å². The fourth-order valence-corrected chi connectivity index (χ4v) is 4.10. The van der Waals surface area contributed by atoms with Gasteiger partial charge >= 0.3 is 0 Å². The van der Waals surface area contributed by atoms with Crippen molar-refractivity contribution in [3.8, 4) is 11.5 Å². The number of rotatable bonds is 8. The Labute approximate surface area is 166 Å². The summed E-state index contributed by atoms with van der Waals surface area (Å²) in [6.07, 6.45) is 1.06. The highest BCUT2D eigenvalue weighted by molar-refractivity contribution is 7.92. The van der Waals surface area contributed by atoms with Gasteiger partial charge in [0.05, 0.1) is 32.2 Å². The van der Waals surface area contributed by atoms with Crippen molar-refractivity contribution in [1.82, 2.24) is 5.32 Å². The molecule has 0 fully saturated rings. The number of anilines is 1. The number of nitrogens with zero attached hydrogens (tertiary/aromatic N) is 1. The van der Waals surface area contributed by atoms with Crippen LogP contribution in [0.3, 0.4) is 0 Å². The summed E-state index contributed by atoms with van der Waals surface area (Å²) in [4.78, 5) is 12.8. The first kappa shape index (κ1) is 21.6. The molecule has 0 bridgehead atoms. The molecule has 2 atom stereocenters. The number of hydrogen-bond donors (Lipinski definition) is 1. The third kappa shape index (κ3) is 4.95. The molecule has 2 aromatic carbocycles. The molecular formula is C20H26N2O5S. The molecule has 0 spiro atoms. The van der Waals surface area contributed by atoms with E-state index in [4.69, 9.17) is 9.47 Å². The van der Waals surface area contributed by atoms with Crippen LogP contribution in [0.15, 0.2) is 48.5 Å². The maximum atomic E-state index is 12.8. The Hall–Kier alpha value is -2.74. The second kappa shape index (κ2) is 8.97. The molecule has 0 saturated carbocycles. The molecule has 7 nitrogen and oxygen atoms in total. The Balaban J connectivity index is 2.31. The van der Waals surface area contributed by atoms with Gasteiger partial charge in [0.15, 0.2) is 11.5 Å². The minimum atomic E-state index is -3.73. The van der Waals surface area contributed by atoms with Crippen molar-refractivity contribution in [3.05, 3.63) is 54.1 Å². The van der Waals surface area contributed by atoms with Gasteiger partial charge in [-0.1, -0.05) is 30.3 Å². The standard InChI is InChI=1S/C20H26N2O5S/c1-14(16-9-7-6-8-10-16)21-20(23)15(2)22(28(5,24)25)17-11-12-18(26-3)19(13-17)27-4/h6-15H,1-5H3,(H,21,23)/t14-,15-/m0/s1. The summed E-state index contributed by atoms with van der Waals surface area (Å²) in [6, 6.07) is 12.9. The minimum absolute atomic E-state index is 0.261. The number of methoxy groups -OCH3 is 2. The SMILES string of the molecule is COc1ccc(N([C@@H](C)C(=O)N[C@@H](C)c2ccccc2)S(C)(=O)=O)cc1OC. The summed E-state index contributed by atoms with van der Waals surface area (Å²) >= 11 is 0. The molecule has 0 heterocycles. The maximum Gasteiger partial charge on any atom is 0.244 e. The van der Waals surface area contributed by atoms with Crippen LogP contribution < -0.4 is 19.1 Å². The average Bonchev–Trinajstić information content (AvgIpc) is 2.67. The molecule has 0 unspecified atom stereocenters. The van der Waals surface area contributed by atoms with Gasteiger partial charge in [-0.25, -0.2) is 8.42 Å². The van der Waals surface area contributed by atoms with E-state index in [-0.39, 0.29) is 6.04 Å². The van der Waals surface area contributed by atoms with Gasteiger partial charge in [-0.3, -0.25) is 9.10 Å². The van der Waals surface area contributed by atoms with Crippen LogP contribution in [0.5, 0.6) is 11.5 Å². The summed E-state index contributed by atoms with van der Waals surface area (Å²) in [7, 11) is -0.776. The van der Waals surface area contributed by atoms with Crippen LogP contribution in [-0.2, 0) is 14.8 Å². The highest BCUT2D eigenvalue weighted by atomic mass is 32.2. The third-order valence-corrected chi connectivity index (χ3v) is 5.61. The van der Waals surface area contributed by atoms with E-state index in [1.807, 2.05) is 37.3 Å². The molecule has 0 radical (unpaired) electrons. The molecule has 2 rings (SSSR count). The lowest BCUT2D eigenvalue weighted by Gasteiger charge is -2.29. The number of benzene rings is 2. The highest BCUT2D eigenvalue weighted by Crippen LogP contribution is 2.33. The molecule has 1 N–H and O–H groups in total. The number of carbonyl (C=O) groups is 1. The molecule has 0 aromatic heterocycles. The number of ether oxygens (including phenoxy) is 2. The molecule has 28 heavy (non-hydrogen) atoms. The van der Waals surface area contributed by atoms with Crippen molar-refractivity contribution in [2.24, 2.45) is 0 Å². The monoisotopic (exact) mass is 406 g/mol. The fraction of sp³-hybridized carbons (Fsp3) is 0.350. The molecule has 0 aliphatic heterocycles. The number of amides is 1. The number of carbonyl (C=O) groups excluding carboxylic acids is 1. The van der Waals surface area contributed by atoms with E-state index in [0.717, 1.165) is 16.1 Å². The lowest BCUT2D eigenvalue weighted by molar-refractivity contribution is -0.122. The zero-order chi connectivity index (χ0) is 20.9. The van der Waals surface area contributed by atoms with Gasteiger partial charge in [-0.2, -0.15) is 0 Å². The van der Waals surface area contributed by atoms with Crippen LogP contribution in [0, 0.1) is 0 Å². The first-order valence-electron chi connectivity index (χ1n) is 8.75. The third-order valence-electron chi connectivity index (χ3n) is 4.37. The van der Waals surface area contributed by atoms with Crippen LogP contribution in [0.4, 0.5) is 5.69 Å². The first-order valence-corrected chi connectivity index (χ1v) is 10.6. The lowest BCUT2D eigenvalue weighted by atomic mass is 10.1. The zero-order valence-corrected chi connectivity index (χ0v) is 17.5. The van der Waals surface area contributed by atoms with Crippen molar-refractivity contribution < 1.29 is 22.7 Å². The van der Waals surface area contributed by atoms with Crippen LogP contribution >= 0.6 is 0 Å². The van der Waals surface area contributed by atoms with Gasteiger partial charge in [0.1, 0.15) is 6.04 Å². The quantitative estimate of drug-likeness (QED) is 0.729. The van der Waals surface area contributed by atoms with E-state index in [9.17, 15) is 13.2 Å². The van der Waals surface area contributed by atoms with Crippen LogP contribution in [0.2, 0.25) is 0 Å². The topological polar surface area (TPSA) is 84.9 Å². The number of hydrogen-bond acceptors (Lipinski definition) is 5. The number of nitrogens with one attached hydrogen (secondary N) is 1. The molecule has 1 amide bonds. The molecule has 2 aromatic rings. The molecule has 0 aliphatic carbocycles.